The van der Waals surface area contributed by atoms with Crippen LogP contribution in [0.2, 0.25) is 5.15 Å². The molecule has 3 saturated heterocycles. The Morgan fingerprint density at radius 3 is 2.47 bits per heavy atom. The molecule has 2 atom stereocenters. The van der Waals surface area contributed by atoms with Crippen molar-refractivity contribution in [3.05, 3.63) is 23.5 Å². The summed E-state index contributed by atoms with van der Waals surface area (Å²) in [5.74, 6) is 3.22. The maximum absolute atomic E-state index is 6.20. The minimum atomic E-state index is 0. The Balaban J connectivity index is 0.00000110. The van der Waals surface area contributed by atoms with Crippen molar-refractivity contribution in [2.75, 3.05) is 19.6 Å². The van der Waals surface area contributed by atoms with E-state index in [9.17, 15) is 0 Å². The van der Waals surface area contributed by atoms with Crippen molar-refractivity contribution in [1.82, 2.24) is 9.88 Å². The van der Waals surface area contributed by atoms with E-state index in [1.165, 1.54) is 32.5 Å². The third-order valence-electron chi connectivity index (χ3n) is 4.68. The largest absolute Gasteiger partial charge is 0.488 e. The maximum atomic E-state index is 6.20. The molecule has 4 heterocycles. The van der Waals surface area contributed by atoms with Gasteiger partial charge in [0.2, 0.25) is 0 Å². The van der Waals surface area contributed by atoms with Crippen LogP contribution in [0, 0.1) is 17.8 Å². The van der Waals surface area contributed by atoms with Crippen molar-refractivity contribution in [3.63, 3.8) is 0 Å². The van der Waals surface area contributed by atoms with Crippen LogP contribution < -0.4 is 4.74 Å². The number of halogens is 2. The predicted octanol–water partition coefficient (Wildman–Crippen LogP) is 2.88. The molecule has 0 spiro atoms. The van der Waals surface area contributed by atoms with Gasteiger partial charge < -0.3 is 9.64 Å². The van der Waals surface area contributed by atoms with Crippen molar-refractivity contribution < 1.29 is 4.74 Å². The van der Waals surface area contributed by atoms with E-state index in [1.54, 1.807) is 12.3 Å². The van der Waals surface area contributed by atoms with Crippen LogP contribution in [0.3, 0.4) is 0 Å². The minimum Gasteiger partial charge on any atom is -0.488 e. The van der Waals surface area contributed by atoms with Gasteiger partial charge in [0.15, 0.2) is 0 Å². The van der Waals surface area contributed by atoms with E-state index in [-0.39, 0.29) is 12.4 Å². The summed E-state index contributed by atoms with van der Waals surface area (Å²) >= 11 is 5.80. The molecule has 0 amide bonds. The van der Waals surface area contributed by atoms with Crippen molar-refractivity contribution in [2.24, 2.45) is 17.8 Å². The molecule has 4 fully saturated rings. The Bertz CT molecular complexity index is 423. The SMILES string of the molecule is Cl.Clc1ccc(OC2[C@@H]3CC4C[C@@H]2CN(C4)C3)cn1. The fourth-order valence-corrected chi connectivity index (χ4v) is 4.26. The van der Waals surface area contributed by atoms with E-state index in [2.05, 4.69) is 9.88 Å². The van der Waals surface area contributed by atoms with Gasteiger partial charge in [-0.1, -0.05) is 11.6 Å². The molecule has 3 nitrogen and oxygen atoms in total. The Labute approximate surface area is 124 Å². The average molecular weight is 301 g/mol. The van der Waals surface area contributed by atoms with Crippen molar-refractivity contribution in [1.29, 1.82) is 0 Å². The molecule has 1 aromatic rings. The van der Waals surface area contributed by atoms with Gasteiger partial charge in [0, 0.05) is 31.5 Å². The molecule has 0 aromatic carbocycles. The molecule has 19 heavy (non-hydrogen) atoms. The lowest BCUT2D eigenvalue weighted by Gasteiger charge is -2.55. The number of rotatable bonds is 2. The van der Waals surface area contributed by atoms with Crippen LogP contribution in [0.15, 0.2) is 18.3 Å². The zero-order valence-electron chi connectivity index (χ0n) is 10.7. The number of hydrogen-bond acceptors (Lipinski definition) is 3. The monoisotopic (exact) mass is 300 g/mol. The van der Waals surface area contributed by atoms with E-state index in [0.717, 1.165) is 11.7 Å². The fraction of sp³-hybridized carbons (Fsp3) is 0.643. The number of aromatic nitrogens is 1. The first-order chi connectivity index (χ1) is 8.78. The van der Waals surface area contributed by atoms with Crippen molar-refractivity contribution in [3.8, 4) is 5.75 Å². The Morgan fingerprint density at radius 1 is 1.16 bits per heavy atom. The zero-order chi connectivity index (χ0) is 12.1. The van der Waals surface area contributed by atoms with Gasteiger partial charge in [-0.15, -0.1) is 12.4 Å². The van der Waals surface area contributed by atoms with Crippen molar-refractivity contribution in [2.45, 2.75) is 18.9 Å². The first-order valence-electron chi connectivity index (χ1n) is 6.78. The van der Waals surface area contributed by atoms with Gasteiger partial charge in [-0.05, 0) is 30.9 Å². The molecule has 5 rings (SSSR count). The van der Waals surface area contributed by atoms with Gasteiger partial charge in [0.25, 0.3) is 0 Å². The van der Waals surface area contributed by atoms with Crippen LogP contribution in [0.5, 0.6) is 5.75 Å². The summed E-state index contributed by atoms with van der Waals surface area (Å²) in [5, 5.41) is 0.526. The standard InChI is InChI=1S/C14H17ClN2O.ClH/c15-13-2-1-12(5-16-13)18-14-10-3-9-4-11(14)8-17(6-9)7-10;/h1-2,5,9-11,14H,3-4,6-8H2;1H/t9?,10-,11-,14?;/m1./s1. The van der Waals surface area contributed by atoms with Crippen LogP contribution in [-0.2, 0) is 0 Å². The van der Waals surface area contributed by atoms with Gasteiger partial charge >= 0.3 is 0 Å². The second-order valence-corrected chi connectivity index (χ2v) is 6.36. The highest BCUT2D eigenvalue weighted by molar-refractivity contribution is 6.29. The van der Waals surface area contributed by atoms with Gasteiger partial charge in [-0.2, -0.15) is 0 Å². The lowest BCUT2D eigenvalue weighted by Crippen LogP contribution is -2.61. The summed E-state index contributed by atoms with van der Waals surface area (Å²) in [4.78, 5) is 6.71. The molecule has 1 saturated carbocycles. The van der Waals surface area contributed by atoms with Crippen LogP contribution in [-0.4, -0.2) is 35.6 Å². The first kappa shape index (κ1) is 13.5. The smallest absolute Gasteiger partial charge is 0.138 e. The molecule has 3 aliphatic heterocycles. The summed E-state index contributed by atoms with van der Waals surface area (Å²) in [6, 6.07) is 3.73. The summed E-state index contributed by atoms with van der Waals surface area (Å²) in [6.45, 7) is 3.76. The van der Waals surface area contributed by atoms with E-state index in [1.807, 2.05) is 6.07 Å². The molecule has 0 radical (unpaired) electrons. The van der Waals surface area contributed by atoms with Gasteiger partial charge in [-0.25, -0.2) is 4.98 Å². The summed E-state index contributed by atoms with van der Waals surface area (Å²) < 4.78 is 6.20. The van der Waals surface area contributed by atoms with Crippen LogP contribution in [0.4, 0.5) is 0 Å². The molecule has 4 bridgehead atoms. The molecule has 1 aliphatic carbocycles. The summed E-state index contributed by atoms with van der Waals surface area (Å²) in [7, 11) is 0. The van der Waals surface area contributed by atoms with Gasteiger partial charge in [0.05, 0.1) is 6.20 Å². The number of nitrogens with zero attached hydrogens (tertiary/aromatic N) is 2. The molecule has 0 unspecified atom stereocenters. The number of piperidine rings is 3. The number of ether oxygens (including phenoxy) is 1. The number of hydrogen-bond donors (Lipinski definition) is 0. The van der Waals surface area contributed by atoms with E-state index in [4.69, 9.17) is 16.3 Å². The van der Waals surface area contributed by atoms with E-state index < -0.39 is 0 Å². The van der Waals surface area contributed by atoms with E-state index >= 15 is 0 Å². The second kappa shape index (κ2) is 5.12. The molecular formula is C14H18Cl2N2O. The lowest BCUT2D eigenvalue weighted by molar-refractivity contribution is -0.0985. The Morgan fingerprint density at radius 2 is 1.89 bits per heavy atom. The predicted molar refractivity (Wildman–Crippen MR) is 77.1 cm³/mol. The Hall–Kier alpha value is -0.510. The molecule has 5 heteroatoms. The highest BCUT2D eigenvalue weighted by Crippen LogP contribution is 2.44. The average Bonchev–Trinajstić information content (AvgIpc) is 2.35. The van der Waals surface area contributed by atoms with Gasteiger partial charge in [-0.3, -0.25) is 0 Å². The topological polar surface area (TPSA) is 25.4 Å². The highest BCUT2D eigenvalue weighted by atomic mass is 35.5. The Kier molecular flexibility index (Phi) is 3.63. The zero-order valence-corrected chi connectivity index (χ0v) is 12.2. The van der Waals surface area contributed by atoms with Crippen LogP contribution in [0.1, 0.15) is 12.8 Å². The van der Waals surface area contributed by atoms with Gasteiger partial charge in [0.1, 0.15) is 17.0 Å². The number of pyridine rings is 1. The summed E-state index contributed by atoms with van der Waals surface area (Å²) in [5.41, 5.74) is 0. The van der Waals surface area contributed by atoms with E-state index in [0.29, 0.717) is 23.1 Å². The lowest BCUT2D eigenvalue weighted by atomic mass is 9.66. The second-order valence-electron chi connectivity index (χ2n) is 5.98. The molecule has 104 valence electrons. The molecular weight excluding hydrogens is 283 g/mol. The third-order valence-corrected chi connectivity index (χ3v) is 4.90. The minimum absolute atomic E-state index is 0. The normalized spacial score (nSPS) is 38.9. The first-order valence-corrected chi connectivity index (χ1v) is 7.16. The van der Waals surface area contributed by atoms with Crippen LogP contribution in [0.25, 0.3) is 0 Å². The molecule has 4 aliphatic rings. The molecule has 1 aromatic heterocycles. The highest BCUT2D eigenvalue weighted by Gasteiger charge is 2.48. The maximum Gasteiger partial charge on any atom is 0.138 e. The molecule has 0 N–H and O–H groups in total. The van der Waals surface area contributed by atoms with Crippen LogP contribution >= 0.6 is 24.0 Å². The fourth-order valence-electron chi connectivity index (χ4n) is 4.15. The summed E-state index contributed by atoms with van der Waals surface area (Å²) in [6.07, 6.45) is 4.83. The third kappa shape index (κ3) is 2.44. The van der Waals surface area contributed by atoms with Crippen molar-refractivity contribution >= 4 is 24.0 Å². The quantitative estimate of drug-likeness (QED) is 0.785.